The number of hydrogen-bond donors (Lipinski definition) is 3. The number of para-hydroxylation sites is 1. The predicted octanol–water partition coefficient (Wildman–Crippen LogP) is 3.10. The highest BCUT2D eigenvalue weighted by atomic mass is 32.2. The Hall–Kier alpha value is -2.97. The van der Waals surface area contributed by atoms with Crippen molar-refractivity contribution in [1.82, 2.24) is 15.0 Å². The van der Waals surface area contributed by atoms with Gasteiger partial charge in [0.1, 0.15) is 12.3 Å². The fourth-order valence-electron chi connectivity index (χ4n) is 3.56. The van der Waals surface area contributed by atoms with Gasteiger partial charge in [-0.2, -0.15) is 4.72 Å². The Balaban J connectivity index is 1.77. The van der Waals surface area contributed by atoms with Gasteiger partial charge in [-0.25, -0.2) is 8.42 Å². The lowest BCUT2D eigenvalue weighted by Crippen LogP contribution is -2.53. The first-order valence-electron chi connectivity index (χ1n) is 10.6. The Labute approximate surface area is 188 Å². The topological polar surface area (TPSA) is 108 Å². The van der Waals surface area contributed by atoms with Gasteiger partial charge in [0.25, 0.3) is 0 Å². The second-order valence-corrected chi connectivity index (χ2v) is 9.83. The molecule has 7 nitrogen and oxygen atoms in total. The van der Waals surface area contributed by atoms with Crippen LogP contribution in [0.2, 0.25) is 0 Å². The summed E-state index contributed by atoms with van der Waals surface area (Å²) in [4.78, 5) is 28.0. The molecule has 0 unspecified atom stereocenters. The Bertz CT molecular complexity index is 1190. The van der Waals surface area contributed by atoms with Crippen molar-refractivity contribution in [2.45, 2.75) is 50.6 Å². The first kappa shape index (κ1) is 23.7. The summed E-state index contributed by atoms with van der Waals surface area (Å²) in [5.74, 6) is -0.789. The number of aldehydes is 1. The number of amides is 1. The SMILES string of the molecule is CC[C@H](C)[C@H](NS(=O)(=O)c1ccc(C)cc1)C(=O)N[C@H](C=O)Cc1c[nH]c2ccccc12. The number of aromatic amines is 1. The quantitative estimate of drug-likeness (QED) is 0.408. The van der Waals surface area contributed by atoms with Crippen molar-refractivity contribution in [2.75, 3.05) is 0 Å². The molecule has 3 N–H and O–H groups in total. The average Bonchev–Trinajstić information content (AvgIpc) is 3.19. The van der Waals surface area contributed by atoms with Crippen LogP contribution in [0.1, 0.15) is 31.4 Å². The molecule has 0 spiro atoms. The molecule has 0 aliphatic rings. The minimum absolute atomic E-state index is 0.0925. The second kappa shape index (κ2) is 10.1. The van der Waals surface area contributed by atoms with Gasteiger partial charge in [0.05, 0.1) is 10.9 Å². The van der Waals surface area contributed by atoms with Gasteiger partial charge in [-0.15, -0.1) is 0 Å². The molecular weight excluding hydrogens is 426 g/mol. The van der Waals surface area contributed by atoms with Gasteiger partial charge in [0.2, 0.25) is 15.9 Å². The molecule has 0 radical (unpaired) electrons. The van der Waals surface area contributed by atoms with Crippen LogP contribution in [0, 0.1) is 12.8 Å². The van der Waals surface area contributed by atoms with Crippen LogP contribution in [0.15, 0.2) is 59.6 Å². The molecule has 32 heavy (non-hydrogen) atoms. The first-order chi connectivity index (χ1) is 15.2. The minimum Gasteiger partial charge on any atom is -0.361 e. The number of fused-ring (bicyclic) bond motifs is 1. The summed E-state index contributed by atoms with van der Waals surface area (Å²) in [5, 5.41) is 3.70. The maximum Gasteiger partial charge on any atom is 0.241 e. The van der Waals surface area contributed by atoms with E-state index >= 15 is 0 Å². The van der Waals surface area contributed by atoms with Gasteiger partial charge < -0.3 is 15.1 Å². The van der Waals surface area contributed by atoms with E-state index in [1.54, 1.807) is 19.1 Å². The van der Waals surface area contributed by atoms with E-state index in [0.29, 0.717) is 19.1 Å². The van der Waals surface area contributed by atoms with Gasteiger partial charge in [0, 0.05) is 23.5 Å². The maximum atomic E-state index is 13.1. The Kier molecular flexibility index (Phi) is 7.48. The highest BCUT2D eigenvalue weighted by molar-refractivity contribution is 7.89. The molecule has 8 heteroatoms. The Morgan fingerprint density at radius 2 is 1.81 bits per heavy atom. The lowest BCUT2D eigenvalue weighted by atomic mass is 9.98. The number of sulfonamides is 1. The Morgan fingerprint density at radius 3 is 2.47 bits per heavy atom. The van der Waals surface area contributed by atoms with E-state index in [1.807, 2.05) is 44.3 Å². The number of carbonyl (C=O) groups excluding carboxylic acids is 2. The van der Waals surface area contributed by atoms with Crippen molar-refractivity contribution in [3.8, 4) is 0 Å². The molecule has 0 saturated heterocycles. The highest BCUT2D eigenvalue weighted by Crippen LogP contribution is 2.19. The molecule has 1 amide bonds. The third-order valence-electron chi connectivity index (χ3n) is 5.72. The Morgan fingerprint density at radius 1 is 1.12 bits per heavy atom. The summed E-state index contributed by atoms with van der Waals surface area (Å²) in [7, 11) is -3.90. The van der Waals surface area contributed by atoms with Crippen LogP contribution in [0.5, 0.6) is 0 Å². The lowest BCUT2D eigenvalue weighted by molar-refractivity contribution is -0.126. The molecule has 3 rings (SSSR count). The van der Waals surface area contributed by atoms with Crippen molar-refractivity contribution in [3.05, 3.63) is 65.9 Å². The van der Waals surface area contributed by atoms with Gasteiger partial charge in [-0.05, 0) is 36.6 Å². The third-order valence-corrected chi connectivity index (χ3v) is 7.17. The normalized spacial score (nSPS) is 14.6. The standard InChI is InChI=1S/C24H29N3O4S/c1-4-17(3)23(27-32(30,31)20-11-9-16(2)10-12-20)24(29)26-19(15-28)13-18-14-25-22-8-6-5-7-21(18)22/h5-12,14-15,17,19,23,25,27H,4,13H2,1-3H3,(H,26,29)/t17-,19-,23-/m0/s1. The molecule has 0 aliphatic heterocycles. The van der Waals surface area contributed by atoms with Gasteiger partial charge in [0.15, 0.2) is 0 Å². The second-order valence-electron chi connectivity index (χ2n) is 8.11. The van der Waals surface area contributed by atoms with Crippen LogP contribution in [0.3, 0.4) is 0 Å². The predicted molar refractivity (Wildman–Crippen MR) is 125 cm³/mol. The fraction of sp³-hybridized carbons (Fsp3) is 0.333. The number of aryl methyl sites for hydroxylation is 1. The van der Waals surface area contributed by atoms with Crippen molar-refractivity contribution in [1.29, 1.82) is 0 Å². The molecule has 0 aliphatic carbocycles. The smallest absolute Gasteiger partial charge is 0.241 e. The first-order valence-corrected chi connectivity index (χ1v) is 12.1. The summed E-state index contributed by atoms with van der Waals surface area (Å²) in [6.07, 6.45) is 3.39. The van der Waals surface area contributed by atoms with Crippen molar-refractivity contribution >= 4 is 33.1 Å². The zero-order valence-electron chi connectivity index (χ0n) is 18.5. The van der Waals surface area contributed by atoms with E-state index in [1.165, 1.54) is 12.1 Å². The molecule has 3 atom stereocenters. The zero-order chi connectivity index (χ0) is 23.3. The van der Waals surface area contributed by atoms with Gasteiger partial charge in [-0.1, -0.05) is 56.2 Å². The van der Waals surface area contributed by atoms with Crippen molar-refractivity contribution < 1.29 is 18.0 Å². The third kappa shape index (κ3) is 5.44. The van der Waals surface area contributed by atoms with E-state index in [4.69, 9.17) is 0 Å². The minimum atomic E-state index is -3.90. The number of H-pyrrole nitrogens is 1. The monoisotopic (exact) mass is 455 g/mol. The van der Waals surface area contributed by atoms with E-state index in [-0.39, 0.29) is 10.8 Å². The van der Waals surface area contributed by atoms with Crippen LogP contribution in [0.25, 0.3) is 10.9 Å². The summed E-state index contributed by atoms with van der Waals surface area (Å²) in [5.41, 5.74) is 2.78. The largest absolute Gasteiger partial charge is 0.361 e. The number of rotatable bonds is 10. The summed E-state index contributed by atoms with van der Waals surface area (Å²) in [6.45, 7) is 5.55. The number of hydrogen-bond acceptors (Lipinski definition) is 4. The molecule has 0 fully saturated rings. The molecule has 0 bridgehead atoms. The van der Waals surface area contributed by atoms with Crippen LogP contribution in [-0.4, -0.2) is 37.7 Å². The van der Waals surface area contributed by atoms with Crippen LogP contribution in [0.4, 0.5) is 0 Å². The zero-order valence-corrected chi connectivity index (χ0v) is 19.3. The van der Waals surface area contributed by atoms with E-state index in [9.17, 15) is 18.0 Å². The molecular formula is C24H29N3O4S. The summed E-state index contributed by atoms with van der Waals surface area (Å²) < 4.78 is 28.3. The molecule has 170 valence electrons. The number of aromatic nitrogens is 1. The van der Waals surface area contributed by atoms with Gasteiger partial charge in [-0.3, -0.25) is 4.79 Å². The van der Waals surface area contributed by atoms with E-state index in [2.05, 4.69) is 15.0 Å². The van der Waals surface area contributed by atoms with Crippen LogP contribution in [-0.2, 0) is 26.0 Å². The van der Waals surface area contributed by atoms with Crippen molar-refractivity contribution in [2.24, 2.45) is 5.92 Å². The number of nitrogens with one attached hydrogen (secondary N) is 3. The number of benzene rings is 2. The molecule has 3 aromatic rings. The number of carbonyl (C=O) groups is 2. The highest BCUT2D eigenvalue weighted by Gasteiger charge is 2.31. The summed E-state index contributed by atoms with van der Waals surface area (Å²) >= 11 is 0. The lowest BCUT2D eigenvalue weighted by Gasteiger charge is -2.25. The van der Waals surface area contributed by atoms with E-state index in [0.717, 1.165) is 22.0 Å². The van der Waals surface area contributed by atoms with Crippen molar-refractivity contribution in [3.63, 3.8) is 0 Å². The molecule has 1 aromatic heterocycles. The molecule has 1 heterocycles. The fourth-order valence-corrected chi connectivity index (χ4v) is 4.86. The average molecular weight is 456 g/mol. The maximum absolute atomic E-state index is 13.1. The summed E-state index contributed by atoms with van der Waals surface area (Å²) in [6, 6.07) is 12.4. The van der Waals surface area contributed by atoms with Crippen LogP contribution < -0.4 is 10.0 Å². The van der Waals surface area contributed by atoms with Gasteiger partial charge >= 0.3 is 0 Å². The molecule has 2 aromatic carbocycles. The molecule has 0 saturated carbocycles. The van der Waals surface area contributed by atoms with Crippen LogP contribution >= 0.6 is 0 Å². The van der Waals surface area contributed by atoms with E-state index < -0.39 is 28.0 Å².